The summed E-state index contributed by atoms with van der Waals surface area (Å²) in [6.45, 7) is 2.01. The molecule has 0 heterocycles. The van der Waals surface area contributed by atoms with Crippen LogP contribution in [0.4, 0.5) is 0 Å². The van der Waals surface area contributed by atoms with Crippen LogP contribution in [0.5, 0.6) is 0 Å². The topological polar surface area (TPSA) is 72.8 Å². The van der Waals surface area contributed by atoms with Crippen molar-refractivity contribution < 1.29 is 24.2 Å². The van der Waals surface area contributed by atoms with Crippen molar-refractivity contribution in [2.24, 2.45) is 5.41 Å². The van der Waals surface area contributed by atoms with Crippen molar-refractivity contribution in [3.05, 3.63) is 0 Å². The Morgan fingerprint density at radius 3 is 2.10 bits per heavy atom. The van der Waals surface area contributed by atoms with E-state index in [1.807, 2.05) is 0 Å². The SMILES string of the molecule is O=COC1(CCCCOCCCCC2(C(=O)O)CC2)CC1. The Morgan fingerprint density at radius 1 is 1.00 bits per heavy atom. The van der Waals surface area contributed by atoms with Gasteiger partial charge in [-0.3, -0.25) is 9.59 Å². The second-order valence-electron chi connectivity index (χ2n) is 6.51. The van der Waals surface area contributed by atoms with E-state index >= 15 is 0 Å². The number of ether oxygens (including phenoxy) is 2. The zero-order valence-corrected chi connectivity index (χ0v) is 12.6. The van der Waals surface area contributed by atoms with Crippen LogP contribution >= 0.6 is 0 Å². The smallest absolute Gasteiger partial charge is 0.309 e. The average Bonchev–Trinajstić information content (AvgIpc) is 3.34. The molecule has 0 amide bonds. The van der Waals surface area contributed by atoms with Crippen LogP contribution in [0.15, 0.2) is 0 Å². The molecule has 120 valence electrons. The van der Waals surface area contributed by atoms with Gasteiger partial charge in [-0.2, -0.15) is 0 Å². The zero-order valence-electron chi connectivity index (χ0n) is 12.6. The molecular formula is C16H26O5. The minimum atomic E-state index is -0.630. The van der Waals surface area contributed by atoms with Crippen LogP contribution in [-0.2, 0) is 19.1 Å². The van der Waals surface area contributed by atoms with E-state index in [1.165, 1.54) is 0 Å². The van der Waals surface area contributed by atoms with Crippen molar-refractivity contribution in [3.63, 3.8) is 0 Å². The van der Waals surface area contributed by atoms with Crippen LogP contribution in [0.1, 0.15) is 64.2 Å². The van der Waals surface area contributed by atoms with Gasteiger partial charge in [-0.25, -0.2) is 0 Å². The zero-order chi connectivity index (χ0) is 15.2. The van der Waals surface area contributed by atoms with Crippen molar-refractivity contribution in [2.75, 3.05) is 13.2 Å². The van der Waals surface area contributed by atoms with Gasteiger partial charge < -0.3 is 14.6 Å². The number of hydrogen-bond acceptors (Lipinski definition) is 4. The van der Waals surface area contributed by atoms with E-state index in [1.54, 1.807) is 0 Å². The van der Waals surface area contributed by atoms with E-state index in [0.717, 1.165) is 70.8 Å². The lowest BCUT2D eigenvalue weighted by atomic mass is 10.00. The van der Waals surface area contributed by atoms with Gasteiger partial charge in [-0.1, -0.05) is 6.42 Å². The summed E-state index contributed by atoms with van der Waals surface area (Å²) in [6.07, 6.45) is 9.29. The first-order valence-electron chi connectivity index (χ1n) is 8.05. The monoisotopic (exact) mass is 298 g/mol. The fraction of sp³-hybridized carbons (Fsp3) is 0.875. The maximum absolute atomic E-state index is 11.0. The third-order valence-corrected chi connectivity index (χ3v) is 4.78. The second-order valence-corrected chi connectivity index (χ2v) is 6.51. The first kappa shape index (κ1) is 16.3. The Morgan fingerprint density at radius 2 is 1.62 bits per heavy atom. The van der Waals surface area contributed by atoms with Crippen LogP contribution in [0.25, 0.3) is 0 Å². The molecule has 0 unspecified atom stereocenters. The standard InChI is InChI=1S/C16H26O5/c17-13-21-16(9-10-16)6-2-4-12-20-11-3-1-5-15(7-8-15)14(18)19/h13H,1-12H2,(H,18,19). The van der Waals surface area contributed by atoms with Gasteiger partial charge >= 0.3 is 5.97 Å². The van der Waals surface area contributed by atoms with Crippen molar-refractivity contribution in [1.29, 1.82) is 0 Å². The Bertz CT molecular complexity index is 358. The van der Waals surface area contributed by atoms with E-state index in [2.05, 4.69) is 0 Å². The second kappa shape index (κ2) is 7.25. The van der Waals surface area contributed by atoms with E-state index in [-0.39, 0.29) is 5.60 Å². The molecule has 0 aromatic rings. The summed E-state index contributed by atoms with van der Waals surface area (Å²) >= 11 is 0. The summed E-state index contributed by atoms with van der Waals surface area (Å²) in [6, 6.07) is 0. The number of unbranched alkanes of at least 4 members (excludes halogenated alkanes) is 2. The van der Waals surface area contributed by atoms with Gasteiger partial charge in [0.05, 0.1) is 5.41 Å². The van der Waals surface area contributed by atoms with E-state index < -0.39 is 11.4 Å². The molecule has 1 N–H and O–H groups in total. The predicted molar refractivity (Wildman–Crippen MR) is 76.9 cm³/mol. The Kier molecular flexibility index (Phi) is 5.62. The molecule has 0 atom stereocenters. The van der Waals surface area contributed by atoms with Crippen LogP contribution in [0.2, 0.25) is 0 Å². The summed E-state index contributed by atoms with van der Waals surface area (Å²) in [5, 5.41) is 9.05. The molecule has 0 radical (unpaired) electrons. The number of aliphatic carboxylic acids is 1. The minimum Gasteiger partial charge on any atom is -0.481 e. The predicted octanol–water partition coefficient (Wildman–Crippen LogP) is 2.91. The molecule has 0 aliphatic heterocycles. The van der Waals surface area contributed by atoms with Crippen molar-refractivity contribution in [3.8, 4) is 0 Å². The summed E-state index contributed by atoms with van der Waals surface area (Å²) in [5.74, 6) is -0.630. The summed E-state index contributed by atoms with van der Waals surface area (Å²) in [4.78, 5) is 21.3. The molecule has 0 spiro atoms. The largest absolute Gasteiger partial charge is 0.481 e. The number of hydrogen-bond donors (Lipinski definition) is 1. The highest BCUT2D eigenvalue weighted by Crippen LogP contribution is 2.50. The van der Waals surface area contributed by atoms with Gasteiger partial charge in [0.15, 0.2) is 0 Å². The lowest BCUT2D eigenvalue weighted by molar-refractivity contribution is -0.143. The molecule has 21 heavy (non-hydrogen) atoms. The minimum absolute atomic E-state index is 0.142. The number of carboxylic acids is 1. The number of carboxylic acid groups (broad SMARTS) is 1. The highest BCUT2D eigenvalue weighted by atomic mass is 16.5. The van der Waals surface area contributed by atoms with Gasteiger partial charge in [-0.15, -0.1) is 0 Å². The molecule has 0 saturated heterocycles. The van der Waals surface area contributed by atoms with Gasteiger partial charge in [0, 0.05) is 13.2 Å². The number of rotatable bonds is 13. The fourth-order valence-corrected chi connectivity index (χ4v) is 2.81. The highest BCUT2D eigenvalue weighted by Gasteiger charge is 2.49. The van der Waals surface area contributed by atoms with Crippen LogP contribution in [-0.4, -0.2) is 36.4 Å². The third kappa shape index (κ3) is 4.99. The van der Waals surface area contributed by atoms with Gasteiger partial charge in [0.2, 0.25) is 0 Å². The maximum atomic E-state index is 11.0. The lowest BCUT2D eigenvalue weighted by Gasteiger charge is -2.12. The molecule has 2 rings (SSSR count). The van der Waals surface area contributed by atoms with Crippen LogP contribution in [0.3, 0.4) is 0 Å². The molecular weight excluding hydrogens is 272 g/mol. The summed E-state index contributed by atoms with van der Waals surface area (Å²) in [5.41, 5.74) is -0.533. The molecule has 0 aromatic carbocycles. The highest BCUT2D eigenvalue weighted by molar-refractivity contribution is 5.77. The van der Waals surface area contributed by atoms with E-state index in [0.29, 0.717) is 13.1 Å². The van der Waals surface area contributed by atoms with E-state index in [4.69, 9.17) is 14.6 Å². The van der Waals surface area contributed by atoms with E-state index in [9.17, 15) is 9.59 Å². The Hall–Kier alpha value is -1.10. The summed E-state index contributed by atoms with van der Waals surface area (Å²) in [7, 11) is 0. The fourth-order valence-electron chi connectivity index (χ4n) is 2.81. The number of carbonyl (C=O) groups excluding carboxylic acids is 1. The quantitative estimate of drug-likeness (QED) is 0.418. The molecule has 5 nitrogen and oxygen atoms in total. The van der Waals surface area contributed by atoms with Crippen molar-refractivity contribution >= 4 is 12.4 Å². The number of carbonyl (C=O) groups is 2. The molecule has 2 saturated carbocycles. The van der Waals surface area contributed by atoms with Gasteiger partial charge in [-0.05, 0) is 57.8 Å². The lowest BCUT2D eigenvalue weighted by Crippen LogP contribution is -2.14. The molecule has 2 fully saturated rings. The molecule has 2 aliphatic rings. The average molecular weight is 298 g/mol. The van der Waals surface area contributed by atoms with Crippen LogP contribution in [0, 0.1) is 5.41 Å². The molecule has 0 aromatic heterocycles. The first-order chi connectivity index (χ1) is 10.1. The first-order valence-corrected chi connectivity index (χ1v) is 8.05. The molecule has 0 bridgehead atoms. The molecule has 2 aliphatic carbocycles. The van der Waals surface area contributed by atoms with Crippen LogP contribution < -0.4 is 0 Å². The molecule has 5 heteroatoms. The van der Waals surface area contributed by atoms with Crippen molar-refractivity contribution in [2.45, 2.75) is 69.8 Å². The van der Waals surface area contributed by atoms with Gasteiger partial charge in [0.25, 0.3) is 6.47 Å². The normalized spacial score (nSPS) is 20.8. The summed E-state index contributed by atoms with van der Waals surface area (Å²) < 4.78 is 10.7. The van der Waals surface area contributed by atoms with Crippen molar-refractivity contribution in [1.82, 2.24) is 0 Å². The van der Waals surface area contributed by atoms with Gasteiger partial charge in [0.1, 0.15) is 5.60 Å². The maximum Gasteiger partial charge on any atom is 0.309 e. The Labute approximate surface area is 126 Å². The third-order valence-electron chi connectivity index (χ3n) is 4.78. The Balaban J connectivity index is 1.37.